The molecule has 0 aliphatic carbocycles. The third-order valence-corrected chi connectivity index (χ3v) is 4.45. The fraction of sp³-hybridized carbons (Fsp3) is 0.583. The lowest BCUT2D eigenvalue weighted by Gasteiger charge is -2.32. The van der Waals surface area contributed by atoms with Crippen LogP contribution >= 0.6 is 11.3 Å². The molecular formula is C12H18N4S. The molecule has 2 N–H and O–H groups in total. The van der Waals surface area contributed by atoms with Crippen molar-refractivity contribution in [3.63, 3.8) is 0 Å². The van der Waals surface area contributed by atoms with Crippen molar-refractivity contribution >= 4 is 22.1 Å². The average molecular weight is 250 g/mol. The summed E-state index contributed by atoms with van der Waals surface area (Å²) in [5, 5.41) is 2.06. The molecule has 2 aromatic rings. The molecule has 1 saturated heterocycles. The van der Waals surface area contributed by atoms with Gasteiger partial charge in [0.2, 0.25) is 0 Å². The van der Waals surface area contributed by atoms with E-state index in [0.29, 0.717) is 6.54 Å². The van der Waals surface area contributed by atoms with Crippen LogP contribution in [0.1, 0.15) is 32.4 Å². The van der Waals surface area contributed by atoms with Gasteiger partial charge < -0.3 is 10.6 Å². The van der Waals surface area contributed by atoms with E-state index in [1.807, 2.05) is 0 Å². The molecule has 1 aliphatic heterocycles. The predicted octanol–water partition coefficient (Wildman–Crippen LogP) is 2.23. The molecule has 4 nitrogen and oxygen atoms in total. The van der Waals surface area contributed by atoms with Gasteiger partial charge in [-0.25, -0.2) is 4.98 Å². The lowest BCUT2D eigenvalue weighted by Crippen LogP contribution is -2.39. The maximum atomic E-state index is 5.89. The third kappa shape index (κ3) is 1.57. The third-order valence-electron chi connectivity index (χ3n) is 3.69. The molecule has 5 heteroatoms. The van der Waals surface area contributed by atoms with Gasteiger partial charge >= 0.3 is 0 Å². The van der Waals surface area contributed by atoms with Gasteiger partial charge in [-0.15, -0.1) is 11.3 Å². The second kappa shape index (κ2) is 3.71. The Bertz CT molecular complexity index is 540. The molecule has 2 aromatic heterocycles. The number of anilines is 1. The van der Waals surface area contributed by atoms with Gasteiger partial charge in [-0.3, -0.25) is 4.40 Å². The Kier molecular flexibility index (Phi) is 2.41. The molecule has 1 aliphatic rings. The number of thiazole rings is 1. The zero-order valence-electron chi connectivity index (χ0n) is 10.3. The van der Waals surface area contributed by atoms with Gasteiger partial charge in [-0.2, -0.15) is 0 Å². The van der Waals surface area contributed by atoms with Crippen LogP contribution in [-0.4, -0.2) is 21.5 Å². The van der Waals surface area contributed by atoms with E-state index in [1.165, 1.54) is 12.8 Å². The van der Waals surface area contributed by atoms with Crippen molar-refractivity contribution in [2.75, 3.05) is 11.4 Å². The minimum Gasteiger partial charge on any atom is -0.350 e. The van der Waals surface area contributed by atoms with Crippen molar-refractivity contribution in [3.05, 3.63) is 17.3 Å². The number of aromatic nitrogens is 2. The fourth-order valence-electron chi connectivity index (χ4n) is 2.73. The van der Waals surface area contributed by atoms with Crippen molar-refractivity contribution in [3.8, 4) is 0 Å². The fourth-order valence-corrected chi connectivity index (χ4v) is 3.46. The van der Waals surface area contributed by atoms with Crippen LogP contribution in [0, 0.1) is 0 Å². The van der Waals surface area contributed by atoms with Gasteiger partial charge in [-0.05, 0) is 26.7 Å². The van der Waals surface area contributed by atoms with Crippen molar-refractivity contribution in [2.45, 2.75) is 38.8 Å². The van der Waals surface area contributed by atoms with Crippen molar-refractivity contribution in [1.82, 2.24) is 9.38 Å². The summed E-state index contributed by atoms with van der Waals surface area (Å²) >= 11 is 1.67. The lowest BCUT2D eigenvalue weighted by molar-refractivity contribution is 0.513. The summed E-state index contributed by atoms with van der Waals surface area (Å²) in [6.07, 6.45) is 4.52. The summed E-state index contributed by atoms with van der Waals surface area (Å²) in [6, 6.07) is 0. The normalized spacial score (nSPS) is 19.4. The number of fused-ring (bicyclic) bond motifs is 1. The molecular weight excluding hydrogens is 232 g/mol. The van der Waals surface area contributed by atoms with Crippen molar-refractivity contribution < 1.29 is 0 Å². The summed E-state index contributed by atoms with van der Waals surface area (Å²) < 4.78 is 2.12. The highest BCUT2D eigenvalue weighted by Crippen LogP contribution is 2.35. The smallest absolute Gasteiger partial charge is 0.195 e. The van der Waals surface area contributed by atoms with Gasteiger partial charge in [0, 0.05) is 30.2 Å². The Hall–Kier alpha value is -1.07. The first kappa shape index (κ1) is 11.0. The lowest BCUT2D eigenvalue weighted by atomic mass is 10.0. The van der Waals surface area contributed by atoms with Gasteiger partial charge in [0.25, 0.3) is 0 Å². The van der Waals surface area contributed by atoms with E-state index in [9.17, 15) is 0 Å². The molecule has 0 saturated carbocycles. The molecule has 17 heavy (non-hydrogen) atoms. The minimum absolute atomic E-state index is 0.202. The van der Waals surface area contributed by atoms with E-state index in [0.717, 1.165) is 23.0 Å². The quantitative estimate of drug-likeness (QED) is 0.889. The summed E-state index contributed by atoms with van der Waals surface area (Å²) in [7, 11) is 0. The summed E-state index contributed by atoms with van der Waals surface area (Å²) in [4.78, 5) is 8.20. The van der Waals surface area contributed by atoms with Crippen LogP contribution in [0.5, 0.6) is 0 Å². The van der Waals surface area contributed by atoms with E-state index in [1.54, 1.807) is 11.3 Å². The number of hydrogen-bond acceptors (Lipinski definition) is 4. The first-order chi connectivity index (χ1) is 8.13. The highest BCUT2D eigenvalue weighted by atomic mass is 32.1. The first-order valence-corrected chi connectivity index (χ1v) is 6.93. The molecule has 0 spiro atoms. The van der Waals surface area contributed by atoms with E-state index in [4.69, 9.17) is 10.7 Å². The number of nitrogens with two attached hydrogens (primary N) is 1. The van der Waals surface area contributed by atoms with Crippen LogP contribution in [0.15, 0.2) is 11.6 Å². The Morgan fingerprint density at radius 1 is 1.53 bits per heavy atom. The maximum absolute atomic E-state index is 5.89. The molecule has 92 valence electrons. The molecule has 0 radical (unpaired) electrons. The Labute approximate surface area is 105 Å². The van der Waals surface area contributed by atoms with Gasteiger partial charge in [0.05, 0.1) is 5.69 Å². The van der Waals surface area contributed by atoms with E-state index in [2.05, 4.69) is 34.7 Å². The second-order valence-electron chi connectivity index (χ2n) is 5.21. The maximum Gasteiger partial charge on any atom is 0.195 e. The zero-order chi connectivity index (χ0) is 12.0. The Morgan fingerprint density at radius 2 is 2.35 bits per heavy atom. The van der Waals surface area contributed by atoms with Gasteiger partial charge in [-0.1, -0.05) is 0 Å². The number of rotatable bonds is 2. The molecule has 3 heterocycles. The van der Waals surface area contributed by atoms with Crippen molar-refractivity contribution in [1.29, 1.82) is 0 Å². The molecule has 0 bridgehead atoms. The average Bonchev–Trinajstić information content (AvgIpc) is 2.89. The molecule has 0 aromatic carbocycles. The Morgan fingerprint density at radius 3 is 3.00 bits per heavy atom. The van der Waals surface area contributed by atoms with Crippen LogP contribution in [0.3, 0.4) is 0 Å². The van der Waals surface area contributed by atoms with Crippen LogP contribution in [0.25, 0.3) is 4.96 Å². The van der Waals surface area contributed by atoms with E-state index < -0.39 is 0 Å². The summed E-state index contributed by atoms with van der Waals surface area (Å²) in [5.41, 5.74) is 7.23. The predicted molar refractivity (Wildman–Crippen MR) is 71.6 cm³/mol. The van der Waals surface area contributed by atoms with Crippen molar-refractivity contribution in [2.24, 2.45) is 5.73 Å². The summed E-state index contributed by atoms with van der Waals surface area (Å²) in [5.74, 6) is 1.09. The minimum atomic E-state index is 0.202. The second-order valence-corrected chi connectivity index (χ2v) is 6.08. The molecule has 0 amide bonds. The molecule has 3 rings (SSSR count). The van der Waals surface area contributed by atoms with Crippen LogP contribution in [0.4, 0.5) is 5.82 Å². The standard InChI is InChI=1S/C12H18N4S/c1-12(2)4-3-5-16(12)10-9(8-13)15-6-7-17-11(15)14-10/h6-7H,3-5,8,13H2,1-2H3. The highest BCUT2D eigenvalue weighted by molar-refractivity contribution is 7.15. The molecule has 1 fully saturated rings. The van der Waals surface area contributed by atoms with Crippen LogP contribution < -0.4 is 10.6 Å². The monoisotopic (exact) mass is 250 g/mol. The van der Waals surface area contributed by atoms with E-state index in [-0.39, 0.29) is 5.54 Å². The SMILES string of the molecule is CC1(C)CCCN1c1nc2sccn2c1CN. The largest absolute Gasteiger partial charge is 0.350 e. The van der Waals surface area contributed by atoms with Gasteiger partial charge in [0.1, 0.15) is 0 Å². The topological polar surface area (TPSA) is 46.6 Å². The Balaban J connectivity index is 2.13. The number of imidazole rings is 1. The summed E-state index contributed by atoms with van der Waals surface area (Å²) in [6.45, 7) is 6.20. The number of nitrogens with zero attached hydrogens (tertiary/aromatic N) is 3. The first-order valence-electron chi connectivity index (χ1n) is 6.05. The van der Waals surface area contributed by atoms with E-state index >= 15 is 0 Å². The molecule has 0 unspecified atom stereocenters. The van der Waals surface area contributed by atoms with Crippen LogP contribution in [-0.2, 0) is 6.54 Å². The zero-order valence-corrected chi connectivity index (χ0v) is 11.1. The van der Waals surface area contributed by atoms with Crippen LogP contribution in [0.2, 0.25) is 0 Å². The highest BCUT2D eigenvalue weighted by Gasteiger charge is 2.35. The van der Waals surface area contributed by atoms with Gasteiger partial charge in [0.15, 0.2) is 10.8 Å². The number of hydrogen-bond donors (Lipinski definition) is 1. The molecule has 0 atom stereocenters.